The van der Waals surface area contributed by atoms with Crippen molar-refractivity contribution in [1.82, 2.24) is 10.6 Å². The van der Waals surface area contributed by atoms with Crippen molar-refractivity contribution in [2.75, 3.05) is 6.61 Å². The Kier molecular flexibility index (Phi) is 9.39. The third-order valence-corrected chi connectivity index (χ3v) is 5.41. The Bertz CT molecular complexity index is 570. The first kappa shape index (κ1) is 25.2. The summed E-state index contributed by atoms with van der Waals surface area (Å²) < 4.78 is 10.5. The second-order valence-corrected chi connectivity index (χ2v) is 8.72. The molecule has 0 heterocycles. The highest BCUT2D eigenvalue weighted by Crippen LogP contribution is 2.38. The van der Waals surface area contributed by atoms with E-state index >= 15 is 0 Å². The van der Waals surface area contributed by atoms with Gasteiger partial charge in [0.15, 0.2) is 0 Å². The van der Waals surface area contributed by atoms with Crippen LogP contribution in [0.1, 0.15) is 67.7 Å². The lowest BCUT2D eigenvalue weighted by atomic mass is 9.80. The predicted octanol–water partition coefficient (Wildman–Crippen LogP) is 2.38. The average Bonchev–Trinajstić information content (AvgIpc) is 2.89. The van der Waals surface area contributed by atoms with E-state index in [4.69, 9.17) is 9.47 Å². The van der Waals surface area contributed by atoms with E-state index in [9.17, 15) is 19.5 Å². The molecule has 5 atom stereocenters. The Morgan fingerprint density at radius 1 is 1.14 bits per heavy atom. The summed E-state index contributed by atoms with van der Waals surface area (Å²) in [6, 6.07) is -0.927. The molecule has 1 saturated carbocycles. The first-order chi connectivity index (χ1) is 13.4. The molecule has 3 N–H and O–H groups in total. The van der Waals surface area contributed by atoms with Crippen LogP contribution < -0.4 is 10.6 Å². The lowest BCUT2D eigenvalue weighted by molar-refractivity contribution is -0.151. The summed E-state index contributed by atoms with van der Waals surface area (Å²) in [4.78, 5) is 36.7. The molecule has 1 aliphatic rings. The predicted molar refractivity (Wildman–Crippen MR) is 109 cm³/mol. The lowest BCUT2D eigenvalue weighted by Crippen LogP contribution is -2.54. The van der Waals surface area contributed by atoms with E-state index in [1.54, 1.807) is 27.7 Å². The molecule has 0 spiro atoms. The molecule has 1 rings (SSSR count). The normalized spacial score (nSPS) is 25.4. The van der Waals surface area contributed by atoms with Gasteiger partial charge in [0.2, 0.25) is 5.91 Å². The Morgan fingerprint density at radius 3 is 2.17 bits per heavy atom. The maximum Gasteiger partial charge on any atom is 0.407 e. The summed E-state index contributed by atoms with van der Waals surface area (Å²) in [5.41, 5.74) is -0.677. The third kappa shape index (κ3) is 7.17. The fourth-order valence-corrected chi connectivity index (χ4v) is 4.20. The highest BCUT2D eigenvalue weighted by atomic mass is 16.6. The molecule has 8 heteroatoms. The smallest absolute Gasteiger partial charge is 0.407 e. The molecule has 0 aromatic carbocycles. The summed E-state index contributed by atoms with van der Waals surface area (Å²) in [7, 11) is 0. The molecule has 0 aromatic heterocycles. The standard InChI is InChI=1S/C21H38N2O6/c1-8-13(9-2)17(22-12(4)24)16-15(23-20(27)29-21(5,6)7)11-14(18(16)25)19(26)28-10-3/h13-18,25H,8-11H2,1-7H3,(H,22,24)(H,23,27)/t14-,15+,16+,17-,18+/m0/s1. The number of hydrogen-bond acceptors (Lipinski definition) is 6. The van der Waals surface area contributed by atoms with E-state index in [0.717, 1.165) is 12.8 Å². The minimum atomic E-state index is -1.05. The van der Waals surface area contributed by atoms with E-state index in [1.807, 2.05) is 13.8 Å². The molecular formula is C21H38N2O6. The SMILES string of the molecule is CCOC(=O)[C@H]1C[C@@H](NC(=O)OC(C)(C)C)[C@H]([C@@H](NC(C)=O)C(CC)CC)[C@@H]1O. The average molecular weight is 415 g/mol. The van der Waals surface area contributed by atoms with Gasteiger partial charge in [0.05, 0.1) is 18.6 Å². The van der Waals surface area contributed by atoms with E-state index in [2.05, 4.69) is 10.6 Å². The fourth-order valence-electron chi connectivity index (χ4n) is 4.20. The van der Waals surface area contributed by atoms with Crippen LogP contribution in [0.5, 0.6) is 0 Å². The molecular weight excluding hydrogens is 376 g/mol. The van der Waals surface area contributed by atoms with Crippen molar-refractivity contribution in [3.05, 3.63) is 0 Å². The number of nitrogens with one attached hydrogen (secondary N) is 2. The molecule has 168 valence electrons. The Labute approximate surface area is 174 Å². The van der Waals surface area contributed by atoms with Crippen molar-refractivity contribution >= 4 is 18.0 Å². The maximum atomic E-state index is 12.4. The molecule has 1 fully saturated rings. The van der Waals surface area contributed by atoms with Crippen molar-refractivity contribution in [3.8, 4) is 0 Å². The Morgan fingerprint density at radius 2 is 1.72 bits per heavy atom. The van der Waals surface area contributed by atoms with Gasteiger partial charge < -0.3 is 25.2 Å². The molecule has 0 bridgehead atoms. The molecule has 29 heavy (non-hydrogen) atoms. The van der Waals surface area contributed by atoms with E-state index < -0.39 is 47.7 Å². The summed E-state index contributed by atoms with van der Waals surface area (Å²) in [6.45, 7) is 12.7. The number of carbonyl (C=O) groups excluding carboxylic acids is 3. The topological polar surface area (TPSA) is 114 Å². The van der Waals surface area contributed by atoms with Crippen LogP contribution in [0.2, 0.25) is 0 Å². The van der Waals surface area contributed by atoms with Gasteiger partial charge in [-0.2, -0.15) is 0 Å². The summed E-state index contributed by atoms with van der Waals surface area (Å²) in [5.74, 6) is -1.94. The van der Waals surface area contributed by atoms with Gasteiger partial charge in [0, 0.05) is 24.9 Å². The number of hydrogen-bond donors (Lipinski definition) is 3. The van der Waals surface area contributed by atoms with Crippen molar-refractivity contribution in [2.45, 2.75) is 91.5 Å². The van der Waals surface area contributed by atoms with Gasteiger partial charge in [0.25, 0.3) is 0 Å². The molecule has 0 aliphatic heterocycles. The van der Waals surface area contributed by atoms with Crippen molar-refractivity contribution in [3.63, 3.8) is 0 Å². The van der Waals surface area contributed by atoms with Gasteiger partial charge in [-0.1, -0.05) is 26.7 Å². The first-order valence-corrected chi connectivity index (χ1v) is 10.6. The van der Waals surface area contributed by atoms with Crippen LogP contribution in [0, 0.1) is 17.8 Å². The van der Waals surface area contributed by atoms with Crippen LogP contribution in [0.15, 0.2) is 0 Å². The number of esters is 1. The van der Waals surface area contributed by atoms with Crippen LogP contribution in [-0.4, -0.2) is 53.5 Å². The Balaban J connectivity index is 3.22. The number of ether oxygens (including phenoxy) is 2. The zero-order valence-electron chi connectivity index (χ0n) is 18.8. The van der Waals surface area contributed by atoms with Gasteiger partial charge >= 0.3 is 12.1 Å². The van der Waals surface area contributed by atoms with Crippen LogP contribution in [0.3, 0.4) is 0 Å². The minimum absolute atomic E-state index is 0.0856. The van der Waals surface area contributed by atoms with Crippen LogP contribution >= 0.6 is 0 Å². The minimum Gasteiger partial charge on any atom is -0.466 e. The zero-order valence-corrected chi connectivity index (χ0v) is 18.8. The molecule has 1 aliphatic carbocycles. The van der Waals surface area contributed by atoms with Crippen LogP contribution in [0.4, 0.5) is 4.79 Å². The third-order valence-electron chi connectivity index (χ3n) is 5.41. The summed E-state index contributed by atoms with van der Waals surface area (Å²) in [5, 5.41) is 16.8. The quantitative estimate of drug-likeness (QED) is 0.526. The lowest BCUT2D eigenvalue weighted by Gasteiger charge is -2.36. The highest BCUT2D eigenvalue weighted by molar-refractivity contribution is 5.75. The first-order valence-electron chi connectivity index (χ1n) is 10.6. The molecule has 0 aromatic rings. The van der Waals surface area contributed by atoms with Gasteiger partial charge in [-0.05, 0) is 40.0 Å². The maximum absolute atomic E-state index is 12.4. The molecule has 0 unspecified atom stereocenters. The number of aliphatic hydroxyl groups is 1. The van der Waals surface area contributed by atoms with Gasteiger partial charge in [0.1, 0.15) is 5.60 Å². The molecule has 0 saturated heterocycles. The highest BCUT2D eigenvalue weighted by Gasteiger charge is 2.51. The largest absolute Gasteiger partial charge is 0.466 e. The van der Waals surface area contributed by atoms with E-state index in [-0.39, 0.29) is 24.9 Å². The number of carbonyl (C=O) groups is 3. The van der Waals surface area contributed by atoms with Crippen molar-refractivity contribution in [2.24, 2.45) is 17.8 Å². The van der Waals surface area contributed by atoms with Gasteiger partial charge in [-0.15, -0.1) is 0 Å². The monoisotopic (exact) mass is 414 g/mol. The summed E-state index contributed by atoms with van der Waals surface area (Å²) in [6.07, 6.45) is 0.129. The van der Waals surface area contributed by atoms with Gasteiger partial charge in [-0.25, -0.2) is 4.79 Å². The van der Waals surface area contributed by atoms with Crippen molar-refractivity contribution in [1.29, 1.82) is 0 Å². The molecule has 0 radical (unpaired) electrons. The number of alkyl carbamates (subject to hydrolysis) is 1. The number of rotatable bonds is 8. The second kappa shape index (κ2) is 10.8. The van der Waals surface area contributed by atoms with Crippen molar-refractivity contribution < 1.29 is 29.0 Å². The van der Waals surface area contributed by atoms with Gasteiger partial charge in [-0.3, -0.25) is 9.59 Å². The number of amides is 2. The molecule has 2 amide bonds. The molecule has 8 nitrogen and oxygen atoms in total. The number of aliphatic hydroxyl groups excluding tert-OH is 1. The summed E-state index contributed by atoms with van der Waals surface area (Å²) >= 11 is 0. The second-order valence-electron chi connectivity index (χ2n) is 8.72. The van der Waals surface area contributed by atoms with E-state index in [0.29, 0.717) is 0 Å². The van der Waals surface area contributed by atoms with Crippen LogP contribution in [0.25, 0.3) is 0 Å². The van der Waals surface area contributed by atoms with E-state index in [1.165, 1.54) is 6.92 Å². The van der Waals surface area contributed by atoms with Crippen LogP contribution in [-0.2, 0) is 19.1 Å². The Hall–Kier alpha value is -1.83. The zero-order chi connectivity index (χ0) is 22.4. The fraction of sp³-hybridized carbons (Fsp3) is 0.857.